The summed E-state index contributed by atoms with van der Waals surface area (Å²) in [7, 11) is 0. The number of hydrogen-bond acceptors (Lipinski definition) is 7. The summed E-state index contributed by atoms with van der Waals surface area (Å²) in [6, 6.07) is 6.72. The number of esters is 1. The van der Waals surface area contributed by atoms with Crippen LogP contribution in [0.15, 0.2) is 45.9 Å². The summed E-state index contributed by atoms with van der Waals surface area (Å²) >= 11 is 0. The molecular weight excluding hydrogens is 441 g/mol. The molecule has 3 N–H and O–H groups in total. The van der Waals surface area contributed by atoms with Gasteiger partial charge in [-0.2, -0.15) is 5.10 Å². The van der Waals surface area contributed by atoms with Crippen molar-refractivity contribution in [2.24, 2.45) is 5.73 Å². The van der Waals surface area contributed by atoms with Crippen molar-refractivity contribution in [1.82, 2.24) is 19.7 Å². The van der Waals surface area contributed by atoms with E-state index in [0.29, 0.717) is 37.5 Å². The third-order valence-electron chi connectivity index (χ3n) is 6.19. The zero-order valence-electron chi connectivity index (χ0n) is 18.6. The Bertz CT molecular complexity index is 1440. The molecule has 1 aliphatic heterocycles. The Hall–Kier alpha value is -3.76. The molecule has 1 aliphatic rings. The molecule has 0 saturated heterocycles. The van der Waals surface area contributed by atoms with Crippen LogP contribution in [0.3, 0.4) is 0 Å². The quantitative estimate of drug-likeness (QED) is 0.384. The van der Waals surface area contributed by atoms with Crippen LogP contribution in [0.25, 0.3) is 16.8 Å². The van der Waals surface area contributed by atoms with Gasteiger partial charge in [-0.05, 0) is 36.6 Å². The number of nitrogens with zero attached hydrogens (tertiary/aromatic N) is 3. The van der Waals surface area contributed by atoms with Crippen LogP contribution in [0, 0.1) is 12.7 Å². The van der Waals surface area contributed by atoms with Gasteiger partial charge < -0.3 is 14.9 Å². The molecular formula is C24H24FN5O4. The van der Waals surface area contributed by atoms with Gasteiger partial charge in [-0.25, -0.2) is 18.7 Å². The fourth-order valence-corrected chi connectivity index (χ4v) is 4.38. The molecule has 0 spiro atoms. The van der Waals surface area contributed by atoms with E-state index in [0.717, 1.165) is 29.7 Å². The Kier molecular flexibility index (Phi) is 5.76. The number of oxazole rings is 1. The number of H-pyrrole nitrogens is 1. The van der Waals surface area contributed by atoms with E-state index in [1.165, 1.54) is 11.6 Å². The second-order valence-electron chi connectivity index (χ2n) is 8.38. The minimum atomic E-state index is -0.706. The Labute approximate surface area is 193 Å². The number of carbonyl (C=O) groups is 1. The lowest BCUT2D eigenvalue weighted by molar-refractivity contribution is 0.0535. The molecule has 9 nitrogen and oxygen atoms in total. The van der Waals surface area contributed by atoms with Crippen molar-refractivity contribution in [1.29, 1.82) is 0 Å². The number of halogens is 1. The van der Waals surface area contributed by atoms with Crippen molar-refractivity contribution >= 4 is 17.1 Å². The number of fused-ring (bicyclic) bond motifs is 2. The lowest BCUT2D eigenvalue weighted by atomic mass is 9.96. The van der Waals surface area contributed by atoms with Gasteiger partial charge in [0.25, 0.3) is 0 Å². The smallest absolute Gasteiger partial charge is 0.417 e. The van der Waals surface area contributed by atoms with Crippen molar-refractivity contribution in [3.8, 4) is 5.69 Å². The van der Waals surface area contributed by atoms with E-state index in [2.05, 4.69) is 15.0 Å². The molecule has 0 atom stereocenters. The summed E-state index contributed by atoms with van der Waals surface area (Å²) in [5.41, 5.74) is 11.3. The maximum Gasteiger partial charge on any atom is 0.417 e. The summed E-state index contributed by atoms with van der Waals surface area (Å²) in [6.45, 7) is 4.96. The summed E-state index contributed by atoms with van der Waals surface area (Å²) in [4.78, 5) is 27.9. The van der Waals surface area contributed by atoms with E-state index in [1.54, 1.807) is 16.9 Å². The first-order valence-corrected chi connectivity index (χ1v) is 11.0. The first-order chi connectivity index (χ1) is 16.4. The number of ether oxygens (including phenoxy) is 1. The summed E-state index contributed by atoms with van der Waals surface area (Å²) in [6.07, 6.45) is 4.36. The molecule has 176 valence electrons. The number of carbonyl (C=O) groups excluding carboxylic acids is 1. The summed E-state index contributed by atoms with van der Waals surface area (Å²) in [5, 5.41) is 4.36. The van der Waals surface area contributed by atoms with Crippen molar-refractivity contribution in [3.05, 3.63) is 80.8 Å². The van der Waals surface area contributed by atoms with Gasteiger partial charge in [-0.1, -0.05) is 6.07 Å². The largest absolute Gasteiger partial charge is 0.457 e. The molecule has 0 aliphatic carbocycles. The standard InChI is InChI=1S/C24H24FN5O4/c1-14-16(2-3-18-19(14)13-33-23(18)31)4-6-29(7-5-26)11-15-10-27-30(12-15)17-8-20(25)22-21(9-17)28-24(32)34-22/h2-3,8-10,12H,4-7,11,13,26H2,1H3,(H,28,32). The number of aromatic amines is 1. The molecule has 0 bridgehead atoms. The molecule has 5 rings (SSSR count). The zero-order valence-corrected chi connectivity index (χ0v) is 18.6. The maximum absolute atomic E-state index is 14.3. The number of nitrogens with one attached hydrogen (secondary N) is 1. The molecule has 2 aromatic carbocycles. The van der Waals surface area contributed by atoms with Crippen LogP contribution < -0.4 is 11.5 Å². The van der Waals surface area contributed by atoms with Gasteiger partial charge in [0.15, 0.2) is 11.4 Å². The highest BCUT2D eigenvalue weighted by Crippen LogP contribution is 2.26. The SMILES string of the molecule is Cc1c(CCN(CCN)Cc2cnn(-c3cc(F)c4oc(=O)[nH]c4c3)c2)ccc2c1COC2=O. The Morgan fingerprint density at radius 2 is 2.12 bits per heavy atom. The van der Waals surface area contributed by atoms with E-state index >= 15 is 0 Å². The van der Waals surface area contributed by atoms with Gasteiger partial charge in [0.05, 0.1) is 23.0 Å². The maximum atomic E-state index is 14.3. The van der Waals surface area contributed by atoms with Crippen LogP contribution in [0.2, 0.25) is 0 Å². The molecule has 34 heavy (non-hydrogen) atoms. The van der Waals surface area contributed by atoms with Crippen LogP contribution in [-0.2, 0) is 24.3 Å². The monoisotopic (exact) mass is 465 g/mol. The zero-order chi connectivity index (χ0) is 23.8. The van der Waals surface area contributed by atoms with Crippen LogP contribution in [-0.4, -0.2) is 45.3 Å². The van der Waals surface area contributed by atoms with E-state index in [1.807, 2.05) is 25.3 Å². The molecule has 0 amide bonds. The van der Waals surface area contributed by atoms with Crippen molar-refractivity contribution in [2.45, 2.75) is 26.5 Å². The van der Waals surface area contributed by atoms with Crippen LogP contribution in [0.4, 0.5) is 4.39 Å². The van der Waals surface area contributed by atoms with E-state index in [9.17, 15) is 14.0 Å². The first kappa shape index (κ1) is 22.1. The Morgan fingerprint density at radius 3 is 2.94 bits per heavy atom. The van der Waals surface area contributed by atoms with Gasteiger partial charge in [0, 0.05) is 49.6 Å². The van der Waals surface area contributed by atoms with Gasteiger partial charge in [-0.15, -0.1) is 0 Å². The molecule has 0 fully saturated rings. The number of hydrogen-bond donors (Lipinski definition) is 2. The minimum absolute atomic E-state index is 0.104. The van der Waals surface area contributed by atoms with E-state index < -0.39 is 11.6 Å². The summed E-state index contributed by atoms with van der Waals surface area (Å²) in [5.74, 6) is -1.60. The number of benzene rings is 2. The molecule has 10 heteroatoms. The number of aromatic nitrogens is 3. The third-order valence-corrected chi connectivity index (χ3v) is 6.19. The highest BCUT2D eigenvalue weighted by Gasteiger charge is 2.24. The Morgan fingerprint density at radius 1 is 1.26 bits per heavy atom. The average molecular weight is 465 g/mol. The minimum Gasteiger partial charge on any atom is -0.457 e. The fourth-order valence-electron chi connectivity index (χ4n) is 4.38. The highest BCUT2D eigenvalue weighted by atomic mass is 19.1. The van der Waals surface area contributed by atoms with Crippen molar-refractivity contribution < 1.29 is 18.3 Å². The van der Waals surface area contributed by atoms with Crippen molar-refractivity contribution in [2.75, 3.05) is 19.6 Å². The summed E-state index contributed by atoms with van der Waals surface area (Å²) < 4.78 is 25.9. The first-order valence-electron chi connectivity index (χ1n) is 11.0. The van der Waals surface area contributed by atoms with Crippen LogP contribution in [0.5, 0.6) is 0 Å². The van der Waals surface area contributed by atoms with Gasteiger partial charge in [-0.3, -0.25) is 9.88 Å². The predicted molar refractivity (Wildman–Crippen MR) is 122 cm³/mol. The van der Waals surface area contributed by atoms with E-state index in [-0.39, 0.29) is 17.1 Å². The van der Waals surface area contributed by atoms with Gasteiger partial charge in [0.1, 0.15) is 6.61 Å². The highest BCUT2D eigenvalue weighted by molar-refractivity contribution is 5.93. The fraction of sp³-hybridized carbons (Fsp3) is 0.292. The second-order valence-corrected chi connectivity index (χ2v) is 8.38. The predicted octanol–water partition coefficient (Wildman–Crippen LogP) is 2.43. The molecule has 4 aromatic rings. The van der Waals surface area contributed by atoms with Gasteiger partial charge >= 0.3 is 11.7 Å². The number of nitrogens with two attached hydrogens (primary N) is 1. The Balaban J connectivity index is 1.30. The number of rotatable bonds is 8. The van der Waals surface area contributed by atoms with Crippen LogP contribution in [0.1, 0.15) is 32.6 Å². The molecule has 0 unspecified atom stereocenters. The molecule has 2 aromatic heterocycles. The third kappa shape index (κ3) is 4.13. The lowest BCUT2D eigenvalue weighted by Crippen LogP contribution is -2.31. The molecule has 0 saturated carbocycles. The topological polar surface area (TPSA) is 119 Å². The van der Waals surface area contributed by atoms with Crippen molar-refractivity contribution in [3.63, 3.8) is 0 Å². The molecule has 0 radical (unpaired) electrons. The second kappa shape index (κ2) is 8.88. The van der Waals surface area contributed by atoms with E-state index in [4.69, 9.17) is 14.9 Å². The molecule has 3 heterocycles. The average Bonchev–Trinajstić information content (AvgIpc) is 3.52. The normalized spacial score (nSPS) is 13.1. The van der Waals surface area contributed by atoms with Crippen LogP contribution >= 0.6 is 0 Å². The lowest BCUT2D eigenvalue weighted by Gasteiger charge is -2.21. The van der Waals surface area contributed by atoms with Gasteiger partial charge in [0.2, 0.25) is 0 Å². The number of cyclic esters (lactones) is 1.